The molecule has 3 rings (SSSR count). The van der Waals surface area contributed by atoms with Crippen molar-refractivity contribution in [2.75, 3.05) is 37.8 Å². The van der Waals surface area contributed by atoms with Gasteiger partial charge in [0.2, 0.25) is 5.91 Å². The summed E-state index contributed by atoms with van der Waals surface area (Å²) in [5.74, 6) is 1.81. The van der Waals surface area contributed by atoms with E-state index < -0.39 is 0 Å². The van der Waals surface area contributed by atoms with Gasteiger partial charge < -0.3 is 4.90 Å². The highest BCUT2D eigenvalue weighted by Crippen LogP contribution is 2.14. The molecule has 6 heteroatoms. The van der Waals surface area contributed by atoms with Gasteiger partial charge in [-0.1, -0.05) is 12.1 Å². The van der Waals surface area contributed by atoms with Gasteiger partial charge in [-0.05, 0) is 24.1 Å². The molecule has 1 aromatic carbocycles. The number of halogens is 1. The number of carbonyl (C=O) groups excluding carboxylic acids is 1. The maximum Gasteiger partial charge on any atom is 0.240 e. The van der Waals surface area contributed by atoms with Crippen molar-refractivity contribution in [3.63, 3.8) is 0 Å². The Morgan fingerprint density at radius 3 is 2.77 bits per heavy atom. The van der Waals surface area contributed by atoms with Crippen LogP contribution in [0, 0.1) is 5.82 Å². The van der Waals surface area contributed by atoms with Gasteiger partial charge in [-0.2, -0.15) is 0 Å². The smallest absolute Gasteiger partial charge is 0.240 e. The first kappa shape index (κ1) is 15.8. The lowest BCUT2D eigenvalue weighted by molar-refractivity contribution is -0.132. The van der Waals surface area contributed by atoms with Gasteiger partial charge in [0, 0.05) is 44.4 Å². The first-order valence-corrected chi connectivity index (χ1v) is 8.94. The van der Waals surface area contributed by atoms with Gasteiger partial charge in [0.1, 0.15) is 5.82 Å². The number of thioether (sulfide) groups is 1. The van der Waals surface area contributed by atoms with Crippen molar-refractivity contribution >= 4 is 17.7 Å². The quantitative estimate of drug-likeness (QED) is 0.915. The Hall–Kier alpha value is -1.11. The molecule has 2 saturated heterocycles. The summed E-state index contributed by atoms with van der Waals surface area (Å²) in [6.45, 7) is 4.29. The zero-order valence-electron chi connectivity index (χ0n) is 12.6. The van der Waals surface area contributed by atoms with Crippen LogP contribution in [0.4, 0.5) is 4.39 Å². The van der Waals surface area contributed by atoms with E-state index in [-0.39, 0.29) is 17.8 Å². The molecule has 2 heterocycles. The molecule has 0 bridgehead atoms. The van der Waals surface area contributed by atoms with E-state index in [1.165, 1.54) is 12.1 Å². The monoisotopic (exact) mass is 323 g/mol. The van der Waals surface area contributed by atoms with E-state index in [1.54, 1.807) is 11.8 Å². The summed E-state index contributed by atoms with van der Waals surface area (Å²) in [5, 5.41) is 3.25. The third-order valence-corrected chi connectivity index (χ3v) is 5.17. The van der Waals surface area contributed by atoms with Crippen LogP contribution in [0.5, 0.6) is 0 Å². The van der Waals surface area contributed by atoms with E-state index in [0.29, 0.717) is 0 Å². The van der Waals surface area contributed by atoms with Crippen LogP contribution < -0.4 is 5.32 Å². The Balaban J connectivity index is 1.53. The number of hydrogen-bond acceptors (Lipinski definition) is 4. The third-order valence-electron chi connectivity index (χ3n) is 4.23. The number of amides is 1. The lowest BCUT2D eigenvalue weighted by atomic mass is 10.2. The molecule has 1 atom stereocenters. The molecule has 1 unspecified atom stereocenters. The maximum atomic E-state index is 13.0. The molecule has 2 fully saturated rings. The Bertz CT molecular complexity index is 505. The van der Waals surface area contributed by atoms with Crippen molar-refractivity contribution in [1.82, 2.24) is 15.1 Å². The average molecular weight is 323 g/mol. The molecular formula is C16H22FN3OS. The molecule has 4 nitrogen and oxygen atoms in total. The highest BCUT2D eigenvalue weighted by atomic mass is 32.2. The molecule has 1 aromatic rings. The Morgan fingerprint density at radius 2 is 2.05 bits per heavy atom. The summed E-state index contributed by atoms with van der Waals surface area (Å²) in [6, 6.07) is 6.68. The van der Waals surface area contributed by atoms with Gasteiger partial charge >= 0.3 is 0 Å². The fourth-order valence-electron chi connectivity index (χ4n) is 2.97. The van der Waals surface area contributed by atoms with Crippen LogP contribution in [0.15, 0.2) is 24.3 Å². The summed E-state index contributed by atoms with van der Waals surface area (Å²) in [6.07, 6.45) is 0.993. The summed E-state index contributed by atoms with van der Waals surface area (Å²) in [5.41, 5.74) is 1.12. The van der Waals surface area contributed by atoms with E-state index in [2.05, 4.69) is 10.2 Å². The van der Waals surface area contributed by atoms with Crippen LogP contribution in [0.25, 0.3) is 0 Å². The number of nitrogens with one attached hydrogen (secondary N) is 1. The zero-order chi connectivity index (χ0) is 15.4. The predicted octanol–water partition coefficient (Wildman–Crippen LogP) is 1.52. The van der Waals surface area contributed by atoms with Gasteiger partial charge in [0.15, 0.2) is 0 Å². The highest BCUT2D eigenvalue weighted by Gasteiger charge is 2.28. The van der Waals surface area contributed by atoms with Crippen LogP contribution in [0.2, 0.25) is 0 Å². The van der Waals surface area contributed by atoms with Crippen LogP contribution >= 0.6 is 11.8 Å². The van der Waals surface area contributed by atoms with Gasteiger partial charge in [-0.3, -0.25) is 15.0 Å². The number of benzene rings is 1. The lowest BCUT2D eigenvalue weighted by Gasteiger charge is -2.24. The van der Waals surface area contributed by atoms with Crippen molar-refractivity contribution < 1.29 is 9.18 Å². The summed E-state index contributed by atoms with van der Waals surface area (Å²) in [7, 11) is 0. The standard InChI is InChI=1S/C16H22FN3OS/c17-14-4-2-13(3-5-14)10-19-6-1-7-20(9-8-19)16(21)15-11-22-12-18-15/h2-5,15,18H,1,6-12H2. The fraction of sp³-hybridized carbons (Fsp3) is 0.562. The van der Waals surface area contributed by atoms with Gasteiger partial charge in [-0.25, -0.2) is 4.39 Å². The molecule has 0 spiro atoms. The summed E-state index contributed by atoms with van der Waals surface area (Å²) >= 11 is 1.78. The Kier molecular flexibility index (Phi) is 5.33. The van der Waals surface area contributed by atoms with Crippen LogP contribution in [-0.4, -0.2) is 59.6 Å². The molecule has 0 radical (unpaired) electrons. The summed E-state index contributed by atoms with van der Waals surface area (Å²) in [4.78, 5) is 16.8. The molecule has 0 aromatic heterocycles. The first-order chi connectivity index (χ1) is 10.7. The molecule has 0 saturated carbocycles. The Morgan fingerprint density at radius 1 is 1.23 bits per heavy atom. The lowest BCUT2D eigenvalue weighted by Crippen LogP contribution is -2.46. The van der Waals surface area contributed by atoms with Crippen molar-refractivity contribution in [2.24, 2.45) is 0 Å². The van der Waals surface area contributed by atoms with Crippen molar-refractivity contribution in [2.45, 2.75) is 19.0 Å². The van der Waals surface area contributed by atoms with Crippen molar-refractivity contribution in [1.29, 1.82) is 0 Å². The molecule has 22 heavy (non-hydrogen) atoms. The van der Waals surface area contributed by atoms with Crippen molar-refractivity contribution in [3.8, 4) is 0 Å². The largest absolute Gasteiger partial charge is 0.340 e. The zero-order valence-corrected chi connectivity index (χ0v) is 13.4. The molecular weight excluding hydrogens is 301 g/mol. The molecule has 2 aliphatic heterocycles. The molecule has 120 valence electrons. The minimum Gasteiger partial charge on any atom is -0.340 e. The topological polar surface area (TPSA) is 35.6 Å². The van der Waals surface area contributed by atoms with Crippen LogP contribution in [0.3, 0.4) is 0 Å². The van der Waals surface area contributed by atoms with E-state index >= 15 is 0 Å². The fourth-order valence-corrected chi connectivity index (χ4v) is 3.90. The second-order valence-corrected chi connectivity index (χ2v) is 6.88. The average Bonchev–Trinajstić information content (AvgIpc) is 2.96. The highest BCUT2D eigenvalue weighted by molar-refractivity contribution is 7.99. The second kappa shape index (κ2) is 7.44. The van der Waals surface area contributed by atoms with E-state index in [4.69, 9.17) is 0 Å². The number of rotatable bonds is 3. The van der Waals surface area contributed by atoms with E-state index in [9.17, 15) is 9.18 Å². The molecule has 1 N–H and O–H groups in total. The SMILES string of the molecule is O=C(C1CSCN1)N1CCCN(Cc2ccc(F)cc2)CC1. The first-order valence-electron chi connectivity index (χ1n) is 7.79. The normalized spacial score (nSPS) is 23.5. The minimum absolute atomic E-state index is 0.00588. The van der Waals surface area contributed by atoms with E-state index in [0.717, 1.165) is 56.3 Å². The van der Waals surface area contributed by atoms with Crippen molar-refractivity contribution in [3.05, 3.63) is 35.6 Å². The third kappa shape index (κ3) is 4.00. The van der Waals surface area contributed by atoms with E-state index in [1.807, 2.05) is 17.0 Å². The van der Waals surface area contributed by atoms with Crippen LogP contribution in [0.1, 0.15) is 12.0 Å². The Labute approximate surface area is 135 Å². The van der Waals surface area contributed by atoms with Gasteiger partial charge in [-0.15, -0.1) is 11.8 Å². The molecule has 2 aliphatic rings. The van der Waals surface area contributed by atoms with Crippen LogP contribution in [-0.2, 0) is 11.3 Å². The van der Waals surface area contributed by atoms with Gasteiger partial charge in [0.25, 0.3) is 0 Å². The second-order valence-electron chi connectivity index (χ2n) is 5.85. The predicted molar refractivity (Wildman–Crippen MR) is 87.1 cm³/mol. The number of carbonyl (C=O) groups is 1. The minimum atomic E-state index is -0.196. The summed E-state index contributed by atoms with van der Waals surface area (Å²) < 4.78 is 13.0. The molecule has 1 amide bonds. The molecule has 0 aliphatic carbocycles. The maximum absolute atomic E-state index is 13.0. The van der Waals surface area contributed by atoms with Gasteiger partial charge in [0.05, 0.1) is 6.04 Å². The number of hydrogen-bond donors (Lipinski definition) is 1. The number of nitrogens with zero attached hydrogens (tertiary/aromatic N) is 2.